The number of nitrogens with one attached hydrogen (secondary N) is 4. The van der Waals surface area contributed by atoms with Crippen molar-refractivity contribution >= 4 is 46.6 Å². The van der Waals surface area contributed by atoms with Crippen molar-refractivity contribution in [1.82, 2.24) is 16.2 Å². The van der Waals surface area contributed by atoms with Crippen molar-refractivity contribution < 1.29 is 18.7 Å². The van der Waals surface area contributed by atoms with Gasteiger partial charge in [0.1, 0.15) is 17.5 Å². The van der Waals surface area contributed by atoms with Crippen LogP contribution in [0.15, 0.2) is 48.5 Å². The zero-order valence-corrected chi connectivity index (χ0v) is 18.9. The van der Waals surface area contributed by atoms with Crippen LogP contribution in [0.3, 0.4) is 0 Å². The molecule has 0 radical (unpaired) electrons. The van der Waals surface area contributed by atoms with E-state index in [1.165, 1.54) is 18.2 Å². The number of halogens is 2. The van der Waals surface area contributed by atoms with E-state index in [2.05, 4.69) is 21.5 Å². The number of carbonyl (C=O) groups is 2. The minimum atomic E-state index is -0.923. The zero-order valence-electron chi connectivity index (χ0n) is 17.3. The molecular formula is C21H24ClFN4O3S. The Balaban J connectivity index is 1.99. The summed E-state index contributed by atoms with van der Waals surface area (Å²) in [6.07, 6.45) is -0.480. The van der Waals surface area contributed by atoms with Crippen molar-refractivity contribution in [3.05, 3.63) is 64.9 Å². The number of rotatable bonds is 5. The number of anilines is 1. The fourth-order valence-corrected chi connectivity index (χ4v) is 2.80. The number of alkyl carbamates (subject to hydrolysis) is 1. The van der Waals surface area contributed by atoms with Gasteiger partial charge >= 0.3 is 6.09 Å². The second kappa shape index (κ2) is 10.9. The average molecular weight is 467 g/mol. The van der Waals surface area contributed by atoms with E-state index in [-0.39, 0.29) is 16.6 Å². The Hall–Kier alpha value is -2.91. The number of carbonyl (C=O) groups excluding carboxylic acids is 2. The molecule has 2 rings (SSSR count). The van der Waals surface area contributed by atoms with Crippen LogP contribution in [0.1, 0.15) is 26.3 Å². The summed E-state index contributed by atoms with van der Waals surface area (Å²) in [7, 11) is 0. The van der Waals surface area contributed by atoms with Crippen molar-refractivity contribution in [2.75, 3.05) is 5.32 Å². The van der Waals surface area contributed by atoms with Crippen LogP contribution in [0.5, 0.6) is 0 Å². The molecular weight excluding hydrogens is 443 g/mol. The van der Waals surface area contributed by atoms with Crippen molar-refractivity contribution in [3.63, 3.8) is 0 Å². The van der Waals surface area contributed by atoms with Gasteiger partial charge in [0.15, 0.2) is 5.11 Å². The third-order valence-electron chi connectivity index (χ3n) is 3.77. The summed E-state index contributed by atoms with van der Waals surface area (Å²) in [6, 6.07) is 12.3. The number of hydrogen-bond acceptors (Lipinski definition) is 4. The van der Waals surface area contributed by atoms with Crippen molar-refractivity contribution in [2.24, 2.45) is 0 Å². The number of thiocarbonyl (C=S) groups is 1. The summed E-state index contributed by atoms with van der Waals surface area (Å²) >= 11 is 10.9. The summed E-state index contributed by atoms with van der Waals surface area (Å²) in [6.45, 7) is 5.19. The molecule has 0 fully saturated rings. The predicted molar refractivity (Wildman–Crippen MR) is 122 cm³/mol. The predicted octanol–water partition coefficient (Wildman–Crippen LogP) is 3.93. The summed E-state index contributed by atoms with van der Waals surface area (Å²) in [5.74, 6) is -1.09. The molecule has 31 heavy (non-hydrogen) atoms. The van der Waals surface area contributed by atoms with E-state index in [4.69, 9.17) is 28.6 Å². The Labute approximate surface area is 190 Å². The molecule has 10 heteroatoms. The molecule has 0 saturated heterocycles. The lowest BCUT2D eigenvalue weighted by Crippen LogP contribution is -2.54. The van der Waals surface area contributed by atoms with Crippen LogP contribution in [0, 0.1) is 5.82 Å². The number of ether oxygens (including phenoxy) is 1. The van der Waals surface area contributed by atoms with Gasteiger partial charge in [0, 0.05) is 12.1 Å². The fraction of sp³-hybridized carbons (Fsp3) is 0.286. The van der Waals surface area contributed by atoms with Crippen LogP contribution in [-0.4, -0.2) is 28.8 Å². The zero-order chi connectivity index (χ0) is 23.0. The largest absolute Gasteiger partial charge is 0.444 e. The van der Waals surface area contributed by atoms with Gasteiger partial charge in [-0.05, 0) is 56.8 Å². The highest BCUT2D eigenvalue weighted by Gasteiger charge is 2.25. The summed E-state index contributed by atoms with van der Waals surface area (Å²) in [5, 5.41) is 5.32. The first kappa shape index (κ1) is 24.4. The first-order valence-corrected chi connectivity index (χ1v) is 10.2. The fourth-order valence-electron chi connectivity index (χ4n) is 2.45. The molecule has 0 unspecified atom stereocenters. The molecule has 2 aromatic rings. The molecule has 7 nitrogen and oxygen atoms in total. The molecule has 0 heterocycles. The van der Waals surface area contributed by atoms with E-state index < -0.39 is 29.5 Å². The normalized spacial score (nSPS) is 11.8. The molecule has 0 aliphatic carbocycles. The summed E-state index contributed by atoms with van der Waals surface area (Å²) < 4.78 is 18.5. The highest BCUT2D eigenvalue weighted by Crippen LogP contribution is 2.19. The number of benzene rings is 2. The van der Waals surface area contributed by atoms with Gasteiger partial charge in [-0.2, -0.15) is 0 Å². The van der Waals surface area contributed by atoms with Crippen LogP contribution in [0.2, 0.25) is 5.02 Å². The lowest BCUT2D eigenvalue weighted by Gasteiger charge is -2.23. The van der Waals surface area contributed by atoms with Gasteiger partial charge in [0.05, 0.1) is 5.02 Å². The Morgan fingerprint density at radius 2 is 1.81 bits per heavy atom. The summed E-state index contributed by atoms with van der Waals surface area (Å²) in [5.41, 5.74) is 5.57. The molecule has 0 bridgehead atoms. The Bertz CT molecular complexity index is 938. The van der Waals surface area contributed by atoms with Crippen LogP contribution in [-0.2, 0) is 16.0 Å². The number of amides is 2. The smallest absolute Gasteiger partial charge is 0.408 e. The van der Waals surface area contributed by atoms with E-state index in [0.717, 1.165) is 5.56 Å². The average Bonchev–Trinajstić information content (AvgIpc) is 2.68. The van der Waals surface area contributed by atoms with Crippen LogP contribution in [0.25, 0.3) is 0 Å². The van der Waals surface area contributed by atoms with E-state index >= 15 is 0 Å². The van der Waals surface area contributed by atoms with E-state index in [0.29, 0.717) is 5.69 Å². The minimum absolute atomic E-state index is 0.0479. The maximum Gasteiger partial charge on any atom is 0.408 e. The number of hydrogen-bond donors (Lipinski definition) is 4. The van der Waals surface area contributed by atoms with Gasteiger partial charge in [0.2, 0.25) is 0 Å². The highest BCUT2D eigenvalue weighted by atomic mass is 35.5. The molecule has 0 aliphatic heterocycles. The Kier molecular flexibility index (Phi) is 8.58. The van der Waals surface area contributed by atoms with E-state index in [1.807, 2.05) is 30.3 Å². The molecule has 0 aliphatic rings. The van der Waals surface area contributed by atoms with Gasteiger partial charge < -0.3 is 15.4 Å². The molecule has 1 atom stereocenters. The van der Waals surface area contributed by atoms with Gasteiger partial charge in [-0.25, -0.2) is 9.18 Å². The molecule has 4 N–H and O–H groups in total. The highest BCUT2D eigenvalue weighted by molar-refractivity contribution is 7.80. The third-order valence-corrected chi connectivity index (χ3v) is 4.26. The molecule has 0 aromatic heterocycles. The quantitative estimate of drug-likeness (QED) is 0.394. The van der Waals surface area contributed by atoms with Gasteiger partial charge in [0.25, 0.3) is 5.91 Å². The molecule has 0 spiro atoms. The van der Waals surface area contributed by atoms with Crippen LogP contribution < -0.4 is 21.5 Å². The van der Waals surface area contributed by atoms with Crippen LogP contribution >= 0.6 is 23.8 Å². The number of hydrazine groups is 1. The standard InChI is InChI=1S/C21H24ClFN4O3S/c1-21(2,3)30-20(29)25-17(11-13-7-5-4-6-8-13)18(28)26-27-19(31)24-14-9-10-16(23)15(22)12-14/h4-10,12,17H,11H2,1-3H3,(H,25,29)(H,26,28)(H2,24,27,31)/t17-/m0/s1. The van der Waals surface area contributed by atoms with Crippen molar-refractivity contribution in [3.8, 4) is 0 Å². The lowest BCUT2D eigenvalue weighted by molar-refractivity contribution is -0.123. The maximum absolute atomic E-state index is 13.3. The molecule has 166 valence electrons. The van der Waals surface area contributed by atoms with Gasteiger partial charge in [-0.1, -0.05) is 41.9 Å². The SMILES string of the molecule is CC(C)(C)OC(=O)N[C@@H](Cc1ccccc1)C(=O)NNC(=S)Nc1ccc(F)c(Cl)c1. The third kappa shape index (κ3) is 8.77. The first-order valence-electron chi connectivity index (χ1n) is 9.39. The lowest BCUT2D eigenvalue weighted by atomic mass is 10.1. The van der Waals surface area contributed by atoms with E-state index in [9.17, 15) is 14.0 Å². The van der Waals surface area contributed by atoms with E-state index in [1.54, 1.807) is 20.8 Å². The first-order chi connectivity index (χ1) is 14.5. The maximum atomic E-state index is 13.3. The van der Waals surface area contributed by atoms with Crippen LogP contribution in [0.4, 0.5) is 14.9 Å². The Morgan fingerprint density at radius 3 is 2.42 bits per heavy atom. The topological polar surface area (TPSA) is 91.5 Å². The molecule has 2 aromatic carbocycles. The minimum Gasteiger partial charge on any atom is -0.444 e. The van der Waals surface area contributed by atoms with Crippen molar-refractivity contribution in [2.45, 2.75) is 38.8 Å². The van der Waals surface area contributed by atoms with Crippen molar-refractivity contribution in [1.29, 1.82) is 0 Å². The van der Waals surface area contributed by atoms with Gasteiger partial charge in [-0.15, -0.1) is 0 Å². The Morgan fingerprint density at radius 1 is 1.13 bits per heavy atom. The summed E-state index contributed by atoms with van der Waals surface area (Å²) in [4.78, 5) is 24.9. The monoisotopic (exact) mass is 466 g/mol. The molecule has 2 amide bonds. The second-order valence-corrected chi connectivity index (χ2v) is 8.40. The second-order valence-electron chi connectivity index (χ2n) is 7.59. The molecule has 0 saturated carbocycles. The van der Waals surface area contributed by atoms with Gasteiger partial charge in [-0.3, -0.25) is 15.6 Å².